The lowest BCUT2D eigenvalue weighted by Gasteiger charge is -2.09. The van der Waals surface area contributed by atoms with Gasteiger partial charge in [0, 0.05) is 17.4 Å². The first-order chi connectivity index (χ1) is 15.5. The Morgan fingerprint density at radius 2 is 1.78 bits per heavy atom. The van der Waals surface area contributed by atoms with Gasteiger partial charge in [0.05, 0.1) is 29.3 Å². The van der Waals surface area contributed by atoms with Gasteiger partial charge in [0.25, 0.3) is 0 Å². The summed E-state index contributed by atoms with van der Waals surface area (Å²) in [6, 6.07) is 23.1. The average molecular weight is 464 g/mol. The number of aromatic nitrogens is 2. The van der Waals surface area contributed by atoms with Crippen LogP contribution in [0.2, 0.25) is 5.02 Å². The van der Waals surface area contributed by atoms with Gasteiger partial charge in [0.1, 0.15) is 5.75 Å². The minimum Gasteiger partial charge on any atom is -0.497 e. The molecule has 0 aliphatic carbocycles. The van der Waals surface area contributed by atoms with E-state index in [-0.39, 0.29) is 11.7 Å². The molecule has 0 saturated heterocycles. The zero-order valence-electron chi connectivity index (χ0n) is 17.7. The van der Waals surface area contributed by atoms with E-state index >= 15 is 0 Å². The van der Waals surface area contributed by atoms with Gasteiger partial charge >= 0.3 is 0 Å². The van der Waals surface area contributed by atoms with E-state index < -0.39 is 0 Å². The molecule has 3 aromatic carbocycles. The molecule has 0 aliphatic heterocycles. The Kier molecular flexibility index (Phi) is 6.83. The van der Waals surface area contributed by atoms with Gasteiger partial charge in [-0.1, -0.05) is 65.3 Å². The lowest BCUT2D eigenvalue weighted by molar-refractivity contribution is -0.113. The number of ether oxygens (including phenoxy) is 1. The van der Waals surface area contributed by atoms with Gasteiger partial charge in [-0.15, -0.1) is 0 Å². The number of benzene rings is 3. The van der Waals surface area contributed by atoms with E-state index in [1.165, 1.54) is 17.3 Å². The molecule has 162 valence electrons. The van der Waals surface area contributed by atoms with Crippen LogP contribution in [0.1, 0.15) is 5.56 Å². The molecule has 5 nitrogen and oxygen atoms in total. The van der Waals surface area contributed by atoms with Gasteiger partial charge in [-0.05, 0) is 43.3 Å². The van der Waals surface area contributed by atoms with E-state index in [9.17, 15) is 4.79 Å². The zero-order chi connectivity index (χ0) is 22.5. The van der Waals surface area contributed by atoms with Crippen LogP contribution < -0.4 is 10.1 Å². The molecule has 4 aromatic rings. The molecule has 0 spiro atoms. The van der Waals surface area contributed by atoms with Crippen molar-refractivity contribution in [3.8, 4) is 22.7 Å². The highest BCUT2D eigenvalue weighted by Gasteiger charge is 2.14. The van der Waals surface area contributed by atoms with Gasteiger partial charge < -0.3 is 10.1 Å². The number of carbonyl (C=O) groups is 1. The van der Waals surface area contributed by atoms with Crippen molar-refractivity contribution in [1.82, 2.24) is 9.55 Å². The highest BCUT2D eigenvalue weighted by atomic mass is 35.5. The largest absolute Gasteiger partial charge is 0.497 e. The van der Waals surface area contributed by atoms with Crippen molar-refractivity contribution in [2.75, 3.05) is 18.2 Å². The molecule has 1 N–H and O–H groups in total. The Morgan fingerprint density at radius 3 is 2.47 bits per heavy atom. The predicted molar refractivity (Wildman–Crippen MR) is 131 cm³/mol. The standard InChI is InChI=1S/C25H22ClN3O2S/c1-17-7-9-18(10-8-17)23-15-29(19-11-13-20(31-2)14-12-19)25(28-23)32-16-24(30)27-22-6-4-3-5-21(22)26/h3-15H,16H2,1-2H3,(H,27,30). The van der Waals surface area contributed by atoms with Crippen LogP contribution in [0.4, 0.5) is 5.69 Å². The minimum absolute atomic E-state index is 0.149. The van der Waals surface area contributed by atoms with Crippen LogP contribution in [0.3, 0.4) is 0 Å². The number of nitrogens with zero attached hydrogens (tertiary/aromatic N) is 2. The quantitative estimate of drug-likeness (QED) is 0.329. The number of para-hydroxylation sites is 1. The number of methoxy groups -OCH3 is 1. The Labute approximate surface area is 196 Å². The maximum atomic E-state index is 12.5. The molecule has 0 atom stereocenters. The molecule has 0 saturated carbocycles. The average Bonchev–Trinajstić information content (AvgIpc) is 3.24. The normalized spacial score (nSPS) is 10.7. The molecule has 1 amide bonds. The summed E-state index contributed by atoms with van der Waals surface area (Å²) in [6.45, 7) is 2.05. The summed E-state index contributed by atoms with van der Waals surface area (Å²) < 4.78 is 7.26. The van der Waals surface area contributed by atoms with Crippen molar-refractivity contribution >= 4 is 35.0 Å². The third kappa shape index (κ3) is 5.15. The molecular formula is C25H22ClN3O2S. The Bertz CT molecular complexity index is 1220. The summed E-state index contributed by atoms with van der Waals surface area (Å²) in [6.07, 6.45) is 1.99. The van der Waals surface area contributed by atoms with Crippen LogP contribution in [-0.2, 0) is 4.79 Å². The number of hydrogen-bond acceptors (Lipinski definition) is 4. The van der Waals surface area contributed by atoms with E-state index in [4.69, 9.17) is 21.3 Å². The van der Waals surface area contributed by atoms with E-state index in [1.807, 2.05) is 47.2 Å². The van der Waals surface area contributed by atoms with Crippen LogP contribution in [0.25, 0.3) is 16.9 Å². The molecular weight excluding hydrogens is 442 g/mol. The molecule has 0 radical (unpaired) electrons. The van der Waals surface area contributed by atoms with Gasteiger partial charge in [-0.3, -0.25) is 9.36 Å². The number of halogens is 1. The van der Waals surface area contributed by atoms with Crippen LogP contribution in [-0.4, -0.2) is 28.3 Å². The van der Waals surface area contributed by atoms with Crippen molar-refractivity contribution in [3.05, 3.63) is 89.6 Å². The fraction of sp³-hybridized carbons (Fsp3) is 0.120. The van der Waals surface area contributed by atoms with E-state index in [0.29, 0.717) is 10.7 Å². The summed E-state index contributed by atoms with van der Waals surface area (Å²) in [5.74, 6) is 0.830. The number of anilines is 1. The number of aryl methyl sites for hydroxylation is 1. The smallest absolute Gasteiger partial charge is 0.234 e. The number of imidazole rings is 1. The van der Waals surface area contributed by atoms with Gasteiger partial charge in [-0.2, -0.15) is 0 Å². The highest BCUT2D eigenvalue weighted by Crippen LogP contribution is 2.29. The van der Waals surface area contributed by atoms with Gasteiger partial charge in [0.15, 0.2) is 5.16 Å². The number of hydrogen-bond donors (Lipinski definition) is 1. The second-order valence-corrected chi connectivity index (χ2v) is 8.51. The van der Waals surface area contributed by atoms with Crippen LogP contribution in [0, 0.1) is 6.92 Å². The summed E-state index contributed by atoms with van der Waals surface area (Å²) >= 11 is 7.52. The minimum atomic E-state index is -0.149. The van der Waals surface area contributed by atoms with Crippen molar-refractivity contribution in [2.24, 2.45) is 0 Å². The van der Waals surface area contributed by atoms with Gasteiger partial charge in [-0.25, -0.2) is 4.98 Å². The number of amides is 1. The van der Waals surface area contributed by atoms with Crippen LogP contribution in [0.5, 0.6) is 5.75 Å². The third-order valence-electron chi connectivity index (χ3n) is 4.85. The van der Waals surface area contributed by atoms with Crippen molar-refractivity contribution < 1.29 is 9.53 Å². The number of carbonyl (C=O) groups excluding carboxylic acids is 1. The van der Waals surface area contributed by atoms with Crippen LogP contribution in [0.15, 0.2) is 84.1 Å². The Morgan fingerprint density at radius 1 is 1.06 bits per heavy atom. The molecule has 1 aromatic heterocycles. The molecule has 0 aliphatic rings. The topological polar surface area (TPSA) is 56.2 Å². The first-order valence-electron chi connectivity index (χ1n) is 10.0. The summed E-state index contributed by atoms with van der Waals surface area (Å²) in [4.78, 5) is 17.4. The van der Waals surface area contributed by atoms with Crippen LogP contribution >= 0.6 is 23.4 Å². The number of rotatable bonds is 7. The molecule has 0 bridgehead atoms. The summed E-state index contributed by atoms with van der Waals surface area (Å²) in [5.41, 5.74) is 4.58. The lowest BCUT2D eigenvalue weighted by atomic mass is 10.1. The van der Waals surface area contributed by atoms with Crippen molar-refractivity contribution in [2.45, 2.75) is 12.1 Å². The first kappa shape index (κ1) is 22.0. The predicted octanol–water partition coefficient (Wildman–Crippen LogP) is 6.24. The zero-order valence-corrected chi connectivity index (χ0v) is 19.3. The van der Waals surface area contributed by atoms with Crippen molar-refractivity contribution in [1.29, 1.82) is 0 Å². The highest BCUT2D eigenvalue weighted by molar-refractivity contribution is 7.99. The summed E-state index contributed by atoms with van der Waals surface area (Å²) in [7, 11) is 1.64. The fourth-order valence-electron chi connectivity index (χ4n) is 3.14. The molecule has 32 heavy (non-hydrogen) atoms. The second kappa shape index (κ2) is 9.94. The van der Waals surface area contributed by atoms with Gasteiger partial charge in [0.2, 0.25) is 5.91 Å². The number of nitrogens with one attached hydrogen (secondary N) is 1. The molecule has 0 unspecified atom stereocenters. The summed E-state index contributed by atoms with van der Waals surface area (Å²) in [5, 5.41) is 4.08. The van der Waals surface area contributed by atoms with E-state index in [0.717, 1.165) is 27.9 Å². The maximum absolute atomic E-state index is 12.5. The lowest BCUT2D eigenvalue weighted by Crippen LogP contribution is -2.14. The first-order valence-corrected chi connectivity index (χ1v) is 11.4. The monoisotopic (exact) mass is 463 g/mol. The third-order valence-corrected chi connectivity index (χ3v) is 6.13. The Hall–Kier alpha value is -3.22. The van der Waals surface area contributed by atoms with Crippen molar-refractivity contribution in [3.63, 3.8) is 0 Å². The molecule has 1 heterocycles. The Balaban J connectivity index is 1.59. The fourth-order valence-corrected chi connectivity index (χ4v) is 4.11. The molecule has 0 fully saturated rings. The maximum Gasteiger partial charge on any atom is 0.234 e. The second-order valence-electron chi connectivity index (χ2n) is 7.16. The van der Waals surface area contributed by atoms with E-state index in [1.54, 1.807) is 19.2 Å². The van der Waals surface area contributed by atoms with E-state index in [2.05, 4.69) is 36.5 Å². The number of thioether (sulfide) groups is 1. The molecule has 7 heteroatoms. The molecule has 4 rings (SSSR count). The SMILES string of the molecule is COc1ccc(-n2cc(-c3ccc(C)cc3)nc2SCC(=O)Nc2ccccc2Cl)cc1.